The van der Waals surface area contributed by atoms with Crippen molar-refractivity contribution in [3.63, 3.8) is 0 Å². The van der Waals surface area contributed by atoms with Gasteiger partial charge in [0, 0.05) is 18.4 Å². The Morgan fingerprint density at radius 3 is 2.60 bits per heavy atom. The quantitative estimate of drug-likeness (QED) is 0.927. The third-order valence-corrected chi connectivity index (χ3v) is 4.91. The monoisotopic (exact) mass is 295 g/mol. The van der Waals surface area contributed by atoms with Crippen LogP contribution in [0, 0.1) is 5.92 Å². The molecule has 0 unspecified atom stereocenters. The van der Waals surface area contributed by atoms with Gasteiger partial charge >= 0.3 is 0 Å². The molecule has 2 rings (SSSR count). The van der Waals surface area contributed by atoms with Crippen molar-refractivity contribution in [1.29, 1.82) is 0 Å². The molecular weight excluding hydrogens is 274 g/mol. The van der Waals surface area contributed by atoms with Crippen LogP contribution in [0.4, 0.5) is 0 Å². The van der Waals surface area contributed by atoms with Gasteiger partial charge in [-0.2, -0.15) is 0 Å². The summed E-state index contributed by atoms with van der Waals surface area (Å²) >= 11 is 0. The minimum atomic E-state index is -3.27. The maximum absolute atomic E-state index is 12.1. The Morgan fingerprint density at radius 2 is 1.95 bits per heavy atom. The lowest BCUT2D eigenvalue weighted by Crippen LogP contribution is -2.30. The highest BCUT2D eigenvalue weighted by atomic mass is 32.2. The average molecular weight is 295 g/mol. The SMILES string of the molecule is CS(=O)(=O)c1cccc(C(=O)NCC2CCCCC2)c1. The van der Waals surface area contributed by atoms with Gasteiger partial charge < -0.3 is 5.32 Å². The summed E-state index contributed by atoms with van der Waals surface area (Å²) in [6.07, 6.45) is 7.26. The largest absolute Gasteiger partial charge is 0.352 e. The molecule has 20 heavy (non-hydrogen) atoms. The normalized spacial score (nSPS) is 16.9. The predicted octanol–water partition coefficient (Wildman–Crippen LogP) is 2.40. The molecule has 0 heterocycles. The van der Waals surface area contributed by atoms with Gasteiger partial charge in [-0.1, -0.05) is 25.3 Å². The predicted molar refractivity (Wildman–Crippen MR) is 78.5 cm³/mol. The molecule has 0 spiro atoms. The number of rotatable bonds is 4. The molecule has 0 aromatic heterocycles. The summed E-state index contributed by atoms with van der Waals surface area (Å²) in [5, 5.41) is 2.91. The fourth-order valence-corrected chi connectivity index (χ4v) is 3.27. The highest BCUT2D eigenvalue weighted by Gasteiger charge is 2.16. The first-order chi connectivity index (χ1) is 9.47. The third kappa shape index (κ3) is 4.07. The topological polar surface area (TPSA) is 63.2 Å². The molecule has 0 radical (unpaired) electrons. The van der Waals surface area contributed by atoms with Gasteiger partial charge in [0.05, 0.1) is 4.90 Å². The Bertz CT molecular complexity index is 575. The number of hydrogen-bond donors (Lipinski definition) is 1. The molecule has 0 saturated heterocycles. The first-order valence-corrected chi connectivity index (χ1v) is 8.94. The van der Waals surface area contributed by atoms with E-state index < -0.39 is 9.84 Å². The number of carbonyl (C=O) groups excluding carboxylic acids is 1. The Hall–Kier alpha value is -1.36. The van der Waals surface area contributed by atoms with Crippen LogP contribution in [0.3, 0.4) is 0 Å². The van der Waals surface area contributed by atoms with Crippen molar-refractivity contribution in [2.45, 2.75) is 37.0 Å². The molecule has 1 aromatic rings. The van der Waals surface area contributed by atoms with Crippen LogP contribution in [-0.2, 0) is 9.84 Å². The number of hydrogen-bond acceptors (Lipinski definition) is 3. The minimum absolute atomic E-state index is 0.183. The van der Waals surface area contributed by atoms with Gasteiger partial charge in [-0.05, 0) is 37.0 Å². The van der Waals surface area contributed by atoms with Crippen LogP contribution >= 0.6 is 0 Å². The van der Waals surface area contributed by atoms with E-state index in [1.165, 1.54) is 44.2 Å². The van der Waals surface area contributed by atoms with Crippen molar-refractivity contribution in [3.8, 4) is 0 Å². The molecular formula is C15H21NO3S. The first-order valence-electron chi connectivity index (χ1n) is 7.05. The molecule has 0 bridgehead atoms. The average Bonchev–Trinajstić information content (AvgIpc) is 2.45. The lowest BCUT2D eigenvalue weighted by Gasteiger charge is -2.21. The maximum atomic E-state index is 12.1. The van der Waals surface area contributed by atoms with E-state index in [4.69, 9.17) is 0 Å². The van der Waals surface area contributed by atoms with Gasteiger partial charge in [0.25, 0.3) is 5.91 Å². The number of amides is 1. The van der Waals surface area contributed by atoms with Crippen molar-refractivity contribution in [1.82, 2.24) is 5.32 Å². The van der Waals surface area contributed by atoms with Crippen LogP contribution in [0.1, 0.15) is 42.5 Å². The zero-order valence-electron chi connectivity index (χ0n) is 11.8. The van der Waals surface area contributed by atoms with Gasteiger partial charge in [-0.3, -0.25) is 4.79 Å². The van der Waals surface area contributed by atoms with Gasteiger partial charge in [0.2, 0.25) is 0 Å². The number of carbonyl (C=O) groups is 1. The molecule has 1 aliphatic rings. The molecule has 1 fully saturated rings. The van der Waals surface area contributed by atoms with Gasteiger partial charge in [-0.15, -0.1) is 0 Å². The zero-order chi connectivity index (χ0) is 14.6. The van der Waals surface area contributed by atoms with Crippen LogP contribution < -0.4 is 5.32 Å². The summed E-state index contributed by atoms with van der Waals surface area (Å²) in [5.74, 6) is 0.367. The highest BCUT2D eigenvalue weighted by molar-refractivity contribution is 7.90. The van der Waals surface area contributed by atoms with E-state index in [9.17, 15) is 13.2 Å². The van der Waals surface area contributed by atoms with Crippen molar-refractivity contribution < 1.29 is 13.2 Å². The highest BCUT2D eigenvalue weighted by Crippen LogP contribution is 2.22. The van der Waals surface area contributed by atoms with E-state index >= 15 is 0 Å². The fourth-order valence-electron chi connectivity index (χ4n) is 2.60. The third-order valence-electron chi connectivity index (χ3n) is 3.80. The molecule has 0 aliphatic heterocycles. The van der Waals surface area contributed by atoms with Crippen molar-refractivity contribution in [3.05, 3.63) is 29.8 Å². The molecule has 1 aliphatic carbocycles. The van der Waals surface area contributed by atoms with Crippen molar-refractivity contribution in [2.75, 3.05) is 12.8 Å². The number of sulfone groups is 1. The summed E-state index contributed by atoms with van der Waals surface area (Å²) < 4.78 is 23.0. The van der Waals surface area contributed by atoms with Gasteiger partial charge in [0.15, 0.2) is 9.84 Å². The Balaban J connectivity index is 1.98. The van der Waals surface area contributed by atoms with E-state index in [1.54, 1.807) is 12.1 Å². The molecule has 1 aromatic carbocycles. The van der Waals surface area contributed by atoms with Crippen LogP contribution in [-0.4, -0.2) is 27.1 Å². The summed E-state index contributed by atoms with van der Waals surface area (Å²) in [7, 11) is -3.27. The number of benzene rings is 1. The number of nitrogens with one attached hydrogen (secondary N) is 1. The van der Waals surface area contributed by atoms with E-state index in [0.717, 1.165) is 6.26 Å². The molecule has 0 atom stereocenters. The summed E-state index contributed by atoms with van der Waals surface area (Å²) in [6.45, 7) is 0.682. The second-order valence-electron chi connectivity index (χ2n) is 5.51. The Kier molecular flexibility index (Phi) is 4.81. The summed E-state index contributed by atoms with van der Waals surface area (Å²) in [6, 6.07) is 6.19. The lowest BCUT2D eigenvalue weighted by molar-refractivity contribution is 0.0943. The minimum Gasteiger partial charge on any atom is -0.352 e. The molecule has 1 N–H and O–H groups in total. The first kappa shape index (κ1) is 15.0. The molecule has 4 nitrogen and oxygen atoms in total. The summed E-state index contributed by atoms with van der Waals surface area (Å²) in [5.41, 5.74) is 0.406. The van der Waals surface area contributed by atoms with Crippen molar-refractivity contribution in [2.24, 2.45) is 5.92 Å². The van der Waals surface area contributed by atoms with Gasteiger partial charge in [-0.25, -0.2) is 8.42 Å². The van der Waals surface area contributed by atoms with Crippen LogP contribution in [0.25, 0.3) is 0 Å². The standard InChI is InChI=1S/C15H21NO3S/c1-20(18,19)14-9-5-8-13(10-14)15(17)16-11-12-6-3-2-4-7-12/h5,8-10,12H,2-4,6-7,11H2,1H3,(H,16,17). The van der Waals surface area contributed by atoms with E-state index in [0.29, 0.717) is 18.0 Å². The van der Waals surface area contributed by atoms with E-state index in [1.807, 2.05) is 0 Å². The maximum Gasteiger partial charge on any atom is 0.251 e. The molecule has 1 amide bonds. The van der Waals surface area contributed by atoms with Crippen molar-refractivity contribution >= 4 is 15.7 Å². The molecule has 110 valence electrons. The Labute approximate surface area is 120 Å². The van der Waals surface area contributed by atoms with Crippen LogP contribution in [0.15, 0.2) is 29.2 Å². The lowest BCUT2D eigenvalue weighted by atomic mass is 9.89. The molecule has 5 heteroatoms. The molecule has 1 saturated carbocycles. The smallest absolute Gasteiger partial charge is 0.251 e. The van der Waals surface area contributed by atoms with E-state index in [2.05, 4.69) is 5.32 Å². The van der Waals surface area contributed by atoms with Crippen LogP contribution in [0.2, 0.25) is 0 Å². The zero-order valence-corrected chi connectivity index (χ0v) is 12.6. The second kappa shape index (κ2) is 6.39. The van der Waals surface area contributed by atoms with Crippen LogP contribution in [0.5, 0.6) is 0 Å². The fraction of sp³-hybridized carbons (Fsp3) is 0.533. The Morgan fingerprint density at radius 1 is 1.25 bits per heavy atom. The second-order valence-corrected chi connectivity index (χ2v) is 7.53. The van der Waals surface area contributed by atoms with Gasteiger partial charge in [0.1, 0.15) is 0 Å². The van der Waals surface area contributed by atoms with E-state index in [-0.39, 0.29) is 10.8 Å². The summed E-state index contributed by atoms with van der Waals surface area (Å²) in [4.78, 5) is 12.2.